The molecule has 0 aromatic carbocycles. The third-order valence-electron chi connectivity index (χ3n) is 3.57. The van der Waals surface area contributed by atoms with Gasteiger partial charge in [0, 0.05) is 29.4 Å². The first-order valence-corrected chi connectivity index (χ1v) is 8.26. The molecule has 0 atom stereocenters. The molecule has 1 aromatic heterocycles. The van der Waals surface area contributed by atoms with Crippen molar-refractivity contribution < 1.29 is 0 Å². The largest absolute Gasteiger partial charge is 0.345 e. The Morgan fingerprint density at radius 3 is 2.47 bits per heavy atom. The van der Waals surface area contributed by atoms with Crippen LogP contribution >= 0.6 is 11.3 Å². The molecular formula is C15H27N3S. The molecule has 1 fully saturated rings. The van der Waals surface area contributed by atoms with E-state index in [2.05, 4.69) is 32.6 Å². The maximum absolute atomic E-state index is 5.90. The zero-order chi connectivity index (χ0) is 14.0. The summed E-state index contributed by atoms with van der Waals surface area (Å²) in [6.07, 6.45) is 5.14. The number of hydrogen-bond acceptors (Lipinski definition) is 4. The van der Waals surface area contributed by atoms with Gasteiger partial charge in [0.1, 0.15) is 0 Å². The number of thiazole rings is 1. The summed E-state index contributed by atoms with van der Waals surface area (Å²) in [5.74, 6) is 0. The lowest BCUT2D eigenvalue weighted by Crippen LogP contribution is -2.27. The van der Waals surface area contributed by atoms with Crippen LogP contribution in [0.5, 0.6) is 0 Å². The molecule has 0 spiro atoms. The molecule has 1 aromatic rings. The summed E-state index contributed by atoms with van der Waals surface area (Å²) in [7, 11) is 0. The van der Waals surface area contributed by atoms with Gasteiger partial charge in [-0.3, -0.25) is 0 Å². The van der Waals surface area contributed by atoms with E-state index < -0.39 is 0 Å². The van der Waals surface area contributed by atoms with Gasteiger partial charge in [0.25, 0.3) is 0 Å². The van der Waals surface area contributed by atoms with Crippen LogP contribution < -0.4 is 10.6 Å². The fraction of sp³-hybridized carbons (Fsp3) is 0.800. The van der Waals surface area contributed by atoms with E-state index in [1.807, 2.05) is 0 Å². The minimum absolute atomic E-state index is 0.0867. The molecule has 0 aliphatic heterocycles. The number of nitrogens with zero attached hydrogens (tertiary/aromatic N) is 2. The number of nitrogens with two attached hydrogens (primary N) is 1. The zero-order valence-electron chi connectivity index (χ0n) is 12.7. The molecule has 1 saturated carbocycles. The van der Waals surface area contributed by atoms with E-state index in [1.165, 1.54) is 41.4 Å². The first kappa shape index (κ1) is 14.8. The van der Waals surface area contributed by atoms with Crippen molar-refractivity contribution in [3.63, 3.8) is 0 Å². The predicted molar refractivity (Wildman–Crippen MR) is 84.0 cm³/mol. The van der Waals surface area contributed by atoms with Crippen molar-refractivity contribution in [1.29, 1.82) is 0 Å². The van der Waals surface area contributed by atoms with E-state index in [9.17, 15) is 0 Å². The lowest BCUT2D eigenvalue weighted by molar-refractivity contribution is 0.565. The molecule has 2 N–H and O–H groups in total. The summed E-state index contributed by atoms with van der Waals surface area (Å²) < 4.78 is 0. The van der Waals surface area contributed by atoms with Crippen molar-refractivity contribution in [2.75, 3.05) is 11.4 Å². The summed E-state index contributed by atoms with van der Waals surface area (Å²) in [4.78, 5) is 8.70. The third-order valence-corrected chi connectivity index (χ3v) is 4.68. The fourth-order valence-electron chi connectivity index (χ4n) is 2.34. The predicted octanol–water partition coefficient (Wildman–Crippen LogP) is 3.67. The minimum atomic E-state index is 0.0867. The first-order chi connectivity index (χ1) is 8.97. The van der Waals surface area contributed by atoms with Gasteiger partial charge in [-0.15, -0.1) is 11.3 Å². The first-order valence-electron chi connectivity index (χ1n) is 7.44. The SMILES string of the molecule is CCCCN(c1nc(C(C)(C)C)c(CN)s1)C1CC1. The maximum atomic E-state index is 5.90. The Kier molecular flexibility index (Phi) is 4.51. The van der Waals surface area contributed by atoms with Crippen LogP contribution in [0.25, 0.3) is 0 Å². The molecule has 1 aliphatic carbocycles. The maximum Gasteiger partial charge on any atom is 0.186 e. The summed E-state index contributed by atoms with van der Waals surface area (Å²) in [5, 5.41) is 1.20. The van der Waals surface area contributed by atoms with Gasteiger partial charge in [-0.2, -0.15) is 0 Å². The van der Waals surface area contributed by atoms with Gasteiger partial charge in [-0.1, -0.05) is 34.1 Å². The van der Waals surface area contributed by atoms with Crippen LogP contribution in [0.15, 0.2) is 0 Å². The molecule has 3 nitrogen and oxygen atoms in total. The minimum Gasteiger partial charge on any atom is -0.345 e. The molecule has 0 radical (unpaired) electrons. The molecule has 4 heteroatoms. The van der Waals surface area contributed by atoms with Gasteiger partial charge >= 0.3 is 0 Å². The molecule has 0 bridgehead atoms. The van der Waals surface area contributed by atoms with E-state index in [-0.39, 0.29) is 5.41 Å². The molecule has 19 heavy (non-hydrogen) atoms. The van der Waals surface area contributed by atoms with Crippen LogP contribution in [0.3, 0.4) is 0 Å². The van der Waals surface area contributed by atoms with E-state index >= 15 is 0 Å². The summed E-state index contributed by atoms with van der Waals surface area (Å²) in [6.45, 7) is 10.7. The highest BCUT2D eigenvalue weighted by Crippen LogP contribution is 2.38. The highest BCUT2D eigenvalue weighted by atomic mass is 32.1. The zero-order valence-corrected chi connectivity index (χ0v) is 13.5. The number of unbranched alkanes of at least 4 members (excludes halogenated alkanes) is 1. The highest BCUT2D eigenvalue weighted by molar-refractivity contribution is 7.15. The number of anilines is 1. The highest BCUT2D eigenvalue weighted by Gasteiger charge is 2.32. The Hall–Kier alpha value is -0.610. The second-order valence-electron chi connectivity index (χ2n) is 6.50. The number of aromatic nitrogens is 1. The van der Waals surface area contributed by atoms with E-state index in [0.29, 0.717) is 6.54 Å². The van der Waals surface area contributed by atoms with Crippen molar-refractivity contribution in [3.8, 4) is 0 Å². The summed E-state index contributed by atoms with van der Waals surface area (Å²) in [5.41, 5.74) is 7.18. The van der Waals surface area contributed by atoms with E-state index in [0.717, 1.165) is 12.6 Å². The third kappa shape index (κ3) is 3.48. The molecule has 0 saturated heterocycles. The van der Waals surface area contributed by atoms with Crippen LogP contribution in [0.1, 0.15) is 63.9 Å². The van der Waals surface area contributed by atoms with Crippen molar-refractivity contribution >= 4 is 16.5 Å². The Balaban J connectivity index is 2.25. The van der Waals surface area contributed by atoms with E-state index in [1.54, 1.807) is 11.3 Å². The lowest BCUT2D eigenvalue weighted by Gasteiger charge is -2.21. The van der Waals surface area contributed by atoms with Gasteiger partial charge in [0.15, 0.2) is 5.13 Å². The fourth-order valence-corrected chi connectivity index (χ4v) is 3.58. The van der Waals surface area contributed by atoms with Crippen LogP contribution in [0, 0.1) is 0 Å². The van der Waals surface area contributed by atoms with Gasteiger partial charge in [0.2, 0.25) is 0 Å². The van der Waals surface area contributed by atoms with Crippen LogP contribution in [0.2, 0.25) is 0 Å². The second kappa shape index (κ2) is 5.80. The molecule has 108 valence electrons. The molecule has 2 rings (SSSR count). The Labute approximate surface area is 121 Å². The number of hydrogen-bond donors (Lipinski definition) is 1. The van der Waals surface area contributed by atoms with Crippen LogP contribution in [0.4, 0.5) is 5.13 Å². The Bertz CT molecular complexity index is 416. The van der Waals surface area contributed by atoms with Gasteiger partial charge in [-0.25, -0.2) is 4.98 Å². The molecule has 0 unspecified atom stereocenters. The van der Waals surface area contributed by atoms with Crippen LogP contribution in [-0.4, -0.2) is 17.6 Å². The Morgan fingerprint density at radius 2 is 2.05 bits per heavy atom. The monoisotopic (exact) mass is 281 g/mol. The van der Waals surface area contributed by atoms with Crippen LogP contribution in [-0.2, 0) is 12.0 Å². The molecular weight excluding hydrogens is 254 g/mol. The van der Waals surface area contributed by atoms with Gasteiger partial charge in [-0.05, 0) is 19.3 Å². The standard InChI is InChI=1S/C15H27N3S/c1-5-6-9-18(11-7-8-11)14-17-13(15(2,3)4)12(10-16)19-14/h11H,5-10,16H2,1-4H3. The van der Waals surface area contributed by atoms with Crippen molar-refractivity contribution in [2.45, 2.75) is 71.4 Å². The van der Waals surface area contributed by atoms with Gasteiger partial charge in [0.05, 0.1) is 5.69 Å². The van der Waals surface area contributed by atoms with Crippen molar-refractivity contribution in [1.82, 2.24) is 4.98 Å². The van der Waals surface area contributed by atoms with E-state index in [4.69, 9.17) is 10.7 Å². The Morgan fingerprint density at radius 1 is 1.37 bits per heavy atom. The average molecular weight is 281 g/mol. The lowest BCUT2D eigenvalue weighted by atomic mass is 9.91. The molecule has 0 amide bonds. The van der Waals surface area contributed by atoms with Crippen molar-refractivity contribution in [3.05, 3.63) is 10.6 Å². The summed E-state index contributed by atoms with van der Waals surface area (Å²) >= 11 is 1.80. The molecule has 1 aliphatic rings. The summed E-state index contributed by atoms with van der Waals surface area (Å²) in [6, 6.07) is 0.733. The smallest absolute Gasteiger partial charge is 0.186 e. The quantitative estimate of drug-likeness (QED) is 0.865. The van der Waals surface area contributed by atoms with Gasteiger partial charge < -0.3 is 10.6 Å². The topological polar surface area (TPSA) is 42.2 Å². The normalized spacial score (nSPS) is 15.8. The van der Waals surface area contributed by atoms with Crippen molar-refractivity contribution in [2.24, 2.45) is 5.73 Å². The molecule has 1 heterocycles. The number of rotatable bonds is 6. The second-order valence-corrected chi connectivity index (χ2v) is 7.56. The average Bonchev–Trinajstić information content (AvgIpc) is 3.07.